The molecule has 0 saturated carbocycles. The van der Waals surface area contributed by atoms with Gasteiger partial charge in [0, 0.05) is 19.9 Å². The highest BCUT2D eigenvalue weighted by atomic mass is 16.5. The molecule has 0 aromatic rings. The smallest absolute Gasteiger partial charge is 0.308 e. The molecule has 0 aliphatic rings. The van der Waals surface area contributed by atoms with Crippen LogP contribution in [0.2, 0.25) is 0 Å². The van der Waals surface area contributed by atoms with Gasteiger partial charge >= 0.3 is 11.9 Å². The number of carbonyl (C=O) groups is 2. The summed E-state index contributed by atoms with van der Waals surface area (Å²) in [6.07, 6.45) is 1.36. The molecular weight excluding hydrogens is 172 g/mol. The van der Waals surface area contributed by atoms with Crippen molar-refractivity contribution in [3.63, 3.8) is 0 Å². The number of ether oxygens (including phenoxy) is 2. The predicted molar refractivity (Wildman–Crippen MR) is 46.4 cm³/mol. The van der Waals surface area contributed by atoms with E-state index in [0.717, 1.165) is 0 Å². The normalized spacial score (nSPS) is 10.5. The van der Waals surface area contributed by atoms with E-state index < -0.39 is 11.9 Å². The number of carbonyl (C=O) groups excluding carboxylic acids is 2. The average molecular weight is 184 g/mol. The Morgan fingerprint density at radius 1 is 1.08 bits per heavy atom. The van der Waals surface area contributed by atoms with Crippen molar-refractivity contribution < 1.29 is 19.1 Å². The first kappa shape index (κ1) is 11.4. The van der Waals surface area contributed by atoms with Gasteiger partial charge in [-0.15, -0.1) is 0 Å². The van der Waals surface area contributed by atoms with Crippen LogP contribution in [0, 0.1) is 0 Å². The monoisotopic (exact) mass is 184 g/mol. The minimum atomic E-state index is -0.461. The van der Waals surface area contributed by atoms with E-state index in [-0.39, 0.29) is 5.76 Å². The number of esters is 2. The lowest BCUT2D eigenvalue weighted by molar-refractivity contribution is -0.136. The van der Waals surface area contributed by atoms with E-state index in [0.29, 0.717) is 5.76 Å². The van der Waals surface area contributed by atoms with Crippen LogP contribution in [0.1, 0.15) is 20.8 Å². The van der Waals surface area contributed by atoms with Crippen molar-refractivity contribution >= 4 is 11.9 Å². The molecule has 0 aliphatic heterocycles. The predicted octanol–water partition coefficient (Wildman–Crippen LogP) is 1.53. The van der Waals surface area contributed by atoms with E-state index >= 15 is 0 Å². The second-order valence-electron chi connectivity index (χ2n) is 2.41. The topological polar surface area (TPSA) is 52.6 Å². The quantitative estimate of drug-likeness (QED) is 0.379. The molecule has 0 radical (unpaired) electrons. The van der Waals surface area contributed by atoms with E-state index in [9.17, 15) is 9.59 Å². The second-order valence-corrected chi connectivity index (χ2v) is 2.41. The summed E-state index contributed by atoms with van der Waals surface area (Å²) in [5, 5.41) is 0. The van der Waals surface area contributed by atoms with Gasteiger partial charge < -0.3 is 9.47 Å². The van der Waals surface area contributed by atoms with Crippen LogP contribution in [-0.2, 0) is 19.1 Å². The van der Waals surface area contributed by atoms with Gasteiger partial charge in [-0.2, -0.15) is 0 Å². The van der Waals surface area contributed by atoms with Gasteiger partial charge in [-0.1, -0.05) is 6.58 Å². The van der Waals surface area contributed by atoms with Crippen LogP contribution in [0.4, 0.5) is 0 Å². The maximum absolute atomic E-state index is 10.5. The van der Waals surface area contributed by atoms with Crippen molar-refractivity contribution in [3.8, 4) is 0 Å². The zero-order valence-corrected chi connectivity index (χ0v) is 7.92. The van der Waals surface area contributed by atoms with E-state index in [1.807, 2.05) is 0 Å². The molecular formula is C9H12O4. The number of hydrogen-bond acceptors (Lipinski definition) is 4. The Balaban J connectivity index is 4.14. The van der Waals surface area contributed by atoms with Crippen molar-refractivity contribution in [2.45, 2.75) is 20.8 Å². The standard InChI is InChI=1S/C9H12O4/c1-6(12-8(3)10)5-7(2)13-9(4)11/h5H,1H2,2-4H3/b7-5+. The van der Waals surface area contributed by atoms with Crippen LogP contribution in [0.3, 0.4) is 0 Å². The summed E-state index contributed by atoms with van der Waals surface area (Å²) in [5.41, 5.74) is 0. The molecule has 0 aliphatic carbocycles. The fraction of sp³-hybridized carbons (Fsp3) is 0.333. The van der Waals surface area contributed by atoms with E-state index in [1.54, 1.807) is 6.92 Å². The van der Waals surface area contributed by atoms with Crippen molar-refractivity contribution in [3.05, 3.63) is 24.2 Å². The van der Waals surface area contributed by atoms with Crippen molar-refractivity contribution in [1.82, 2.24) is 0 Å². The highest BCUT2D eigenvalue weighted by Gasteiger charge is 1.99. The van der Waals surface area contributed by atoms with Gasteiger partial charge in [-0.3, -0.25) is 9.59 Å². The first-order chi connectivity index (χ1) is 5.91. The average Bonchev–Trinajstić information content (AvgIpc) is 1.80. The molecule has 0 unspecified atom stereocenters. The summed E-state index contributed by atoms with van der Waals surface area (Å²) in [6, 6.07) is 0. The number of rotatable bonds is 3. The third kappa shape index (κ3) is 6.80. The summed E-state index contributed by atoms with van der Waals surface area (Å²) >= 11 is 0. The summed E-state index contributed by atoms with van der Waals surface area (Å²) in [6.45, 7) is 7.54. The molecule has 4 heteroatoms. The number of allylic oxidation sites excluding steroid dienone is 2. The van der Waals surface area contributed by atoms with Gasteiger partial charge in [-0.05, 0) is 6.92 Å². The molecule has 0 bridgehead atoms. The summed E-state index contributed by atoms with van der Waals surface area (Å²) in [7, 11) is 0. The molecule has 0 aromatic carbocycles. The molecule has 0 N–H and O–H groups in total. The number of hydrogen-bond donors (Lipinski definition) is 0. The zero-order chi connectivity index (χ0) is 10.4. The molecule has 4 nitrogen and oxygen atoms in total. The fourth-order valence-corrected chi connectivity index (χ4v) is 0.697. The van der Waals surface area contributed by atoms with Crippen LogP contribution >= 0.6 is 0 Å². The maximum atomic E-state index is 10.5. The van der Waals surface area contributed by atoms with Gasteiger partial charge in [0.25, 0.3) is 0 Å². The van der Waals surface area contributed by atoms with Crippen molar-refractivity contribution in [1.29, 1.82) is 0 Å². The van der Waals surface area contributed by atoms with Crippen LogP contribution in [-0.4, -0.2) is 11.9 Å². The van der Waals surface area contributed by atoms with E-state index in [2.05, 4.69) is 16.1 Å². The molecule has 0 fully saturated rings. The zero-order valence-electron chi connectivity index (χ0n) is 7.92. The molecule has 72 valence electrons. The Bertz CT molecular complexity index is 263. The molecule has 0 atom stereocenters. The fourth-order valence-electron chi connectivity index (χ4n) is 0.697. The first-order valence-corrected chi connectivity index (χ1v) is 3.66. The molecule has 13 heavy (non-hydrogen) atoms. The van der Waals surface area contributed by atoms with Crippen molar-refractivity contribution in [2.75, 3.05) is 0 Å². The van der Waals surface area contributed by atoms with Crippen molar-refractivity contribution in [2.24, 2.45) is 0 Å². The molecule has 0 aromatic heterocycles. The Hall–Kier alpha value is -1.58. The largest absolute Gasteiger partial charge is 0.431 e. The lowest BCUT2D eigenvalue weighted by Crippen LogP contribution is -1.99. The summed E-state index contributed by atoms with van der Waals surface area (Å²) in [4.78, 5) is 20.9. The SMILES string of the molecule is C=C(/C=C(\C)OC(C)=O)OC(C)=O. The Morgan fingerprint density at radius 2 is 1.54 bits per heavy atom. The molecule has 0 amide bonds. The van der Waals surface area contributed by atoms with E-state index in [1.165, 1.54) is 19.9 Å². The maximum Gasteiger partial charge on any atom is 0.308 e. The first-order valence-electron chi connectivity index (χ1n) is 3.66. The molecule has 0 saturated heterocycles. The highest BCUT2D eigenvalue weighted by Crippen LogP contribution is 2.03. The van der Waals surface area contributed by atoms with Crippen LogP contribution in [0.5, 0.6) is 0 Å². The summed E-state index contributed by atoms with van der Waals surface area (Å²) < 4.78 is 9.27. The van der Waals surface area contributed by atoms with Gasteiger partial charge in [0.05, 0.1) is 0 Å². The minimum absolute atomic E-state index is 0.145. The molecule has 0 heterocycles. The minimum Gasteiger partial charge on any atom is -0.431 e. The second kappa shape index (κ2) is 5.13. The van der Waals surface area contributed by atoms with E-state index in [4.69, 9.17) is 0 Å². The molecule has 0 rings (SSSR count). The van der Waals surface area contributed by atoms with Crippen LogP contribution in [0.25, 0.3) is 0 Å². The van der Waals surface area contributed by atoms with Gasteiger partial charge in [0.15, 0.2) is 0 Å². The highest BCUT2D eigenvalue weighted by molar-refractivity contribution is 5.68. The van der Waals surface area contributed by atoms with Gasteiger partial charge in [-0.25, -0.2) is 0 Å². The van der Waals surface area contributed by atoms with Gasteiger partial charge in [0.1, 0.15) is 11.5 Å². The molecule has 0 spiro atoms. The van der Waals surface area contributed by atoms with Gasteiger partial charge in [0.2, 0.25) is 0 Å². The third-order valence-electron chi connectivity index (χ3n) is 0.944. The third-order valence-corrected chi connectivity index (χ3v) is 0.944. The Labute approximate surface area is 76.8 Å². The lowest BCUT2D eigenvalue weighted by Gasteiger charge is -2.02. The summed E-state index contributed by atoms with van der Waals surface area (Å²) in [5.74, 6) is -0.411. The Morgan fingerprint density at radius 3 is 1.92 bits per heavy atom. The van der Waals surface area contributed by atoms with Crippen LogP contribution in [0.15, 0.2) is 24.2 Å². The van der Waals surface area contributed by atoms with Crippen LogP contribution < -0.4 is 0 Å². The Kier molecular flexibility index (Phi) is 4.51. The lowest BCUT2D eigenvalue weighted by atomic mass is 10.4.